The minimum absolute atomic E-state index is 0.000207. The minimum Gasteiger partial charge on any atom is -0.387 e. The summed E-state index contributed by atoms with van der Waals surface area (Å²) in [6, 6.07) is 3.75. The van der Waals surface area contributed by atoms with Crippen molar-refractivity contribution >= 4 is 17.2 Å². The third-order valence-electron chi connectivity index (χ3n) is 3.80. The molecular weight excluding hydrogens is 318 g/mol. The molecule has 1 aliphatic heterocycles. The second-order valence-electron chi connectivity index (χ2n) is 5.66. The number of hydrogen-bond acceptors (Lipinski definition) is 6. The van der Waals surface area contributed by atoms with Crippen molar-refractivity contribution in [3.63, 3.8) is 0 Å². The molecule has 0 saturated carbocycles. The van der Waals surface area contributed by atoms with Gasteiger partial charge in [0.05, 0.1) is 30.2 Å². The van der Waals surface area contributed by atoms with Crippen LogP contribution in [0.5, 0.6) is 0 Å². The van der Waals surface area contributed by atoms with Gasteiger partial charge in [-0.25, -0.2) is 4.79 Å². The molecule has 3 rings (SSSR count). The molecule has 0 aliphatic carbocycles. The average molecular weight is 337 g/mol. The van der Waals surface area contributed by atoms with Crippen LogP contribution >= 0.6 is 11.3 Å². The van der Waals surface area contributed by atoms with E-state index in [0.29, 0.717) is 19.0 Å². The number of carbonyl (C=O) groups is 1. The maximum absolute atomic E-state index is 12.4. The third-order valence-corrected chi connectivity index (χ3v) is 4.66. The topological polar surface area (TPSA) is 77.6 Å². The summed E-state index contributed by atoms with van der Waals surface area (Å²) in [5.74, 6) is -0.240. The minimum atomic E-state index is -0.537. The summed E-state index contributed by atoms with van der Waals surface area (Å²) in [6.45, 7) is 5.24. The molecule has 2 atom stereocenters. The normalized spacial score (nSPS) is 21.6. The van der Waals surface area contributed by atoms with E-state index in [2.05, 4.69) is 5.10 Å². The predicted octanol–water partition coefficient (Wildman–Crippen LogP) is 1.59. The van der Waals surface area contributed by atoms with E-state index in [4.69, 9.17) is 9.15 Å². The van der Waals surface area contributed by atoms with Gasteiger partial charge in [0, 0.05) is 13.0 Å². The molecule has 1 amide bonds. The molecule has 23 heavy (non-hydrogen) atoms. The van der Waals surface area contributed by atoms with Gasteiger partial charge in [0.25, 0.3) is 5.89 Å². The van der Waals surface area contributed by atoms with E-state index in [0.717, 1.165) is 4.88 Å². The van der Waals surface area contributed by atoms with Crippen molar-refractivity contribution in [2.45, 2.75) is 39.0 Å². The molecule has 0 spiro atoms. The monoisotopic (exact) mass is 337 g/mol. The SMILES string of the molecule is C[C@@H]1CO[C@@H](C)CN1C(=O)CCn1nc(-c2cccs2)oc1=O. The zero-order chi connectivity index (χ0) is 16.4. The Hall–Kier alpha value is -1.93. The van der Waals surface area contributed by atoms with E-state index in [1.54, 1.807) is 4.90 Å². The Bertz CT molecular complexity index is 721. The molecule has 1 fully saturated rings. The van der Waals surface area contributed by atoms with E-state index in [9.17, 15) is 9.59 Å². The van der Waals surface area contributed by atoms with Crippen molar-refractivity contribution in [2.24, 2.45) is 0 Å². The summed E-state index contributed by atoms with van der Waals surface area (Å²) in [5, 5.41) is 6.04. The molecule has 0 N–H and O–H groups in total. The fourth-order valence-electron chi connectivity index (χ4n) is 2.54. The quantitative estimate of drug-likeness (QED) is 0.847. The van der Waals surface area contributed by atoms with Gasteiger partial charge in [-0.1, -0.05) is 6.07 Å². The van der Waals surface area contributed by atoms with Gasteiger partial charge in [-0.15, -0.1) is 16.4 Å². The molecule has 0 radical (unpaired) electrons. The lowest BCUT2D eigenvalue weighted by Gasteiger charge is -2.36. The van der Waals surface area contributed by atoms with Crippen LogP contribution in [0.25, 0.3) is 10.8 Å². The van der Waals surface area contributed by atoms with Crippen LogP contribution in [-0.4, -0.2) is 45.9 Å². The van der Waals surface area contributed by atoms with Crippen molar-refractivity contribution in [2.75, 3.05) is 13.2 Å². The third kappa shape index (κ3) is 3.53. The Labute approximate surface area is 137 Å². The molecule has 2 aromatic heterocycles. The number of aromatic nitrogens is 2. The summed E-state index contributed by atoms with van der Waals surface area (Å²) in [5.41, 5.74) is 0. The Balaban J connectivity index is 1.64. The average Bonchev–Trinajstić information content (AvgIpc) is 3.17. The number of rotatable bonds is 4. The van der Waals surface area contributed by atoms with Gasteiger partial charge >= 0.3 is 5.76 Å². The zero-order valence-corrected chi connectivity index (χ0v) is 13.9. The van der Waals surface area contributed by atoms with Gasteiger partial charge in [-0.05, 0) is 25.3 Å². The lowest BCUT2D eigenvalue weighted by Crippen LogP contribution is -2.50. The first-order chi connectivity index (χ1) is 11.0. The fourth-order valence-corrected chi connectivity index (χ4v) is 3.19. The highest BCUT2D eigenvalue weighted by Gasteiger charge is 2.27. The van der Waals surface area contributed by atoms with Gasteiger partial charge in [-0.2, -0.15) is 4.68 Å². The molecule has 1 aliphatic rings. The van der Waals surface area contributed by atoms with Crippen molar-refractivity contribution in [1.29, 1.82) is 0 Å². The first kappa shape index (κ1) is 15.9. The second-order valence-corrected chi connectivity index (χ2v) is 6.61. The van der Waals surface area contributed by atoms with Crippen LogP contribution in [0.1, 0.15) is 20.3 Å². The van der Waals surface area contributed by atoms with Crippen LogP contribution in [0.15, 0.2) is 26.7 Å². The lowest BCUT2D eigenvalue weighted by molar-refractivity contribution is -0.143. The molecule has 0 aromatic carbocycles. The first-order valence-electron chi connectivity index (χ1n) is 7.57. The van der Waals surface area contributed by atoms with Crippen LogP contribution in [0, 0.1) is 0 Å². The molecule has 0 bridgehead atoms. The van der Waals surface area contributed by atoms with Crippen LogP contribution in [0.2, 0.25) is 0 Å². The molecule has 0 unspecified atom stereocenters. The van der Waals surface area contributed by atoms with Crippen LogP contribution < -0.4 is 5.76 Å². The Morgan fingerprint density at radius 2 is 2.30 bits per heavy atom. The molecule has 2 aromatic rings. The van der Waals surface area contributed by atoms with Gasteiger partial charge in [0.15, 0.2) is 0 Å². The number of aryl methyl sites for hydroxylation is 1. The van der Waals surface area contributed by atoms with E-state index >= 15 is 0 Å². The largest absolute Gasteiger partial charge is 0.437 e. The van der Waals surface area contributed by atoms with E-state index in [1.165, 1.54) is 16.0 Å². The maximum Gasteiger partial charge on any atom is 0.437 e. The number of hydrogen-bond donors (Lipinski definition) is 0. The highest BCUT2D eigenvalue weighted by atomic mass is 32.1. The fraction of sp³-hybridized carbons (Fsp3) is 0.533. The molecule has 3 heterocycles. The molecular formula is C15H19N3O4S. The zero-order valence-electron chi connectivity index (χ0n) is 13.1. The molecule has 7 nitrogen and oxygen atoms in total. The maximum atomic E-state index is 12.4. The number of carbonyl (C=O) groups excluding carboxylic acids is 1. The highest BCUT2D eigenvalue weighted by Crippen LogP contribution is 2.21. The summed E-state index contributed by atoms with van der Waals surface area (Å²) >= 11 is 1.45. The van der Waals surface area contributed by atoms with Crippen LogP contribution in [0.3, 0.4) is 0 Å². The number of morpholine rings is 1. The van der Waals surface area contributed by atoms with Crippen molar-refractivity contribution in [3.05, 3.63) is 28.1 Å². The highest BCUT2D eigenvalue weighted by molar-refractivity contribution is 7.13. The Kier molecular flexibility index (Phi) is 4.63. The van der Waals surface area contributed by atoms with Crippen molar-refractivity contribution in [1.82, 2.24) is 14.7 Å². The molecule has 8 heteroatoms. The molecule has 1 saturated heterocycles. The molecule has 124 valence electrons. The number of thiophene rings is 1. The van der Waals surface area contributed by atoms with Crippen LogP contribution in [-0.2, 0) is 16.1 Å². The summed E-state index contributed by atoms with van der Waals surface area (Å²) < 4.78 is 11.9. The Morgan fingerprint density at radius 1 is 1.48 bits per heavy atom. The summed E-state index contributed by atoms with van der Waals surface area (Å²) in [6.07, 6.45) is 0.253. The lowest BCUT2D eigenvalue weighted by atomic mass is 10.2. The summed E-state index contributed by atoms with van der Waals surface area (Å²) in [4.78, 5) is 26.8. The smallest absolute Gasteiger partial charge is 0.387 e. The second kappa shape index (κ2) is 6.67. The van der Waals surface area contributed by atoms with E-state index < -0.39 is 5.76 Å². The number of amides is 1. The van der Waals surface area contributed by atoms with Crippen LogP contribution in [0.4, 0.5) is 0 Å². The van der Waals surface area contributed by atoms with Gasteiger partial charge in [-0.3, -0.25) is 4.79 Å². The van der Waals surface area contributed by atoms with Gasteiger partial charge < -0.3 is 14.1 Å². The van der Waals surface area contributed by atoms with Gasteiger partial charge in [0.2, 0.25) is 5.91 Å². The first-order valence-corrected chi connectivity index (χ1v) is 8.45. The Morgan fingerprint density at radius 3 is 3.04 bits per heavy atom. The van der Waals surface area contributed by atoms with Crippen molar-refractivity contribution < 1.29 is 13.9 Å². The number of nitrogens with zero attached hydrogens (tertiary/aromatic N) is 3. The predicted molar refractivity (Wildman–Crippen MR) is 85.3 cm³/mol. The van der Waals surface area contributed by atoms with Crippen molar-refractivity contribution in [3.8, 4) is 10.8 Å². The summed E-state index contributed by atoms with van der Waals surface area (Å²) in [7, 11) is 0. The number of ether oxygens (including phenoxy) is 1. The van der Waals surface area contributed by atoms with E-state index in [1.807, 2.05) is 31.4 Å². The van der Waals surface area contributed by atoms with E-state index in [-0.39, 0.29) is 31.0 Å². The van der Waals surface area contributed by atoms with Gasteiger partial charge in [0.1, 0.15) is 0 Å². The standard InChI is InChI=1S/C15H19N3O4S/c1-10-9-21-11(2)8-17(10)13(19)5-6-18-15(20)22-14(16-18)12-4-3-7-23-12/h3-4,7,10-11H,5-6,8-9H2,1-2H3/t10-,11+/m1/s1.